The van der Waals surface area contributed by atoms with Crippen LogP contribution in [0.4, 0.5) is 5.69 Å². The Hall–Kier alpha value is -3.12. The number of carboxylic acids is 1. The zero-order valence-electron chi connectivity index (χ0n) is 14.2. The van der Waals surface area contributed by atoms with Crippen LogP contribution in [0.5, 0.6) is 0 Å². The summed E-state index contributed by atoms with van der Waals surface area (Å²) in [6, 6.07) is 13.8. The minimum absolute atomic E-state index is 0.0285. The van der Waals surface area contributed by atoms with Crippen molar-refractivity contribution < 1.29 is 14.7 Å². The molecule has 2 heterocycles. The molecule has 6 nitrogen and oxygen atoms in total. The summed E-state index contributed by atoms with van der Waals surface area (Å²) in [5.41, 5.74) is 1.38. The quantitative estimate of drug-likeness (QED) is 0.744. The van der Waals surface area contributed by atoms with Crippen LogP contribution in [0.2, 0.25) is 5.02 Å². The van der Waals surface area contributed by atoms with E-state index in [4.69, 9.17) is 11.6 Å². The molecular weight excluding hydrogens is 366 g/mol. The van der Waals surface area contributed by atoms with Gasteiger partial charge in [-0.05, 0) is 18.2 Å². The zero-order valence-corrected chi connectivity index (χ0v) is 15.0. The van der Waals surface area contributed by atoms with E-state index in [9.17, 15) is 14.7 Å². The fourth-order valence-electron chi connectivity index (χ4n) is 3.46. The Labute approximate surface area is 160 Å². The predicted octanol–water partition coefficient (Wildman–Crippen LogP) is 3.88. The summed E-state index contributed by atoms with van der Waals surface area (Å²) in [7, 11) is 0. The number of hydrogen-bond donors (Lipinski definition) is 1. The van der Waals surface area contributed by atoms with Gasteiger partial charge in [-0.15, -0.1) is 0 Å². The van der Waals surface area contributed by atoms with Crippen molar-refractivity contribution in [2.45, 2.75) is 12.5 Å². The van der Waals surface area contributed by atoms with Crippen LogP contribution in [0.1, 0.15) is 22.8 Å². The van der Waals surface area contributed by atoms with E-state index in [1.807, 2.05) is 22.8 Å². The van der Waals surface area contributed by atoms with Gasteiger partial charge in [-0.25, -0.2) is 9.78 Å². The number of halogens is 1. The molecule has 0 aliphatic carbocycles. The van der Waals surface area contributed by atoms with Gasteiger partial charge < -0.3 is 14.6 Å². The molecule has 3 aromatic rings. The molecule has 27 heavy (non-hydrogen) atoms. The first kappa shape index (κ1) is 17.3. The molecule has 0 saturated carbocycles. The molecular formula is C20H16ClN3O3. The van der Waals surface area contributed by atoms with E-state index in [1.54, 1.807) is 47.6 Å². The van der Waals surface area contributed by atoms with Crippen molar-refractivity contribution in [1.29, 1.82) is 0 Å². The Morgan fingerprint density at radius 3 is 2.67 bits per heavy atom. The minimum Gasteiger partial charge on any atom is -0.478 e. The van der Waals surface area contributed by atoms with Crippen LogP contribution in [0.15, 0.2) is 60.9 Å². The molecule has 1 aliphatic rings. The first-order valence-corrected chi connectivity index (χ1v) is 8.84. The summed E-state index contributed by atoms with van der Waals surface area (Å²) < 4.78 is 1.87. The number of hydrogen-bond acceptors (Lipinski definition) is 3. The number of aromatic carboxylic acids is 1. The molecule has 1 unspecified atom stereocenters. The van der Waals surface area contributed by atoms with Crippen molar-refractivity contribution >= 4 is 29.2 Å². The third-order valence-electron chi connectivity index (χ3n) is 4.71. The highest BCUT2D eigenvalue weighted by atomic mass is 35.5. The Morgan fingerprint density at radius 1 is 1.15 bits per heavy atom. The summed E-state index contributed by atoms with van der Waals surface area (Å²) >= 11 is 6.25. The molecule has 0 bridgehead atoms. The third-order valence-corrected chi connectivity index (χ3v) is 5.03. The standard InChI is InChI=1S/C20H16ClN3O3/c21-16-7-3-4-8-17(16)24-12-13(11-18(24)25)23-10-9-22-19(23)14-5-1-2-6-15(14)20(26)27/h1-10,13H,11-12H2,(H,26,27). The number of para-hydroxylation sites is 1. The normalized spacial score (nSPS) is 16.7. The fourth-order valence-corrected chi connectivity index (χ4v) is 3.70. The number of nitrogens with zero attached hydrogens (tertiary/aromatic N) is 3. The largest absolute Gasteiger partial charge is 0.478 e. The second-order valence-electron chi connectivity index (χ2n) is 6.32. The number of aromatic nitrogens is 2. The van der Waals surface area contributed by atoms with Crippen LogP contribution in [0, 0.1) is 0 Å². The number of carboxylic acid groups (broad SMARTS) is 1. The zero-order chi connectivity index (χ0) is 19.0. The van der Waals surface area contributed by atoms with Crippen molar-refractivity contribution in [3.63, 3.8) is 0 Å². The average Bonchev–Trinajstić information content (AvgIpc) is 3.29. The topological polar surface area (TPSA) is 75.4 Å². The van der Waals surface area contributed by atoms with E-state index in [1.165, 1.54) is 0 Å². The lowest BCUT2D eigenvalue weighted by molar-refractivity contribution is -0.117. The van der Waals surface area contributed by atoms with Gasteiger partial charge in [0.2, 0.25) is 5.91 Å². The first-order chi connectivity index (χ1) is 13.1. The van der Waals surface area contributed by atoms with Crippen molar-refractivity contribution in [3.8, 4) is 11.4 Å². The van der Waals surface area contributed by atoms with Crippen LogP contribution in [0.3, 0.4) is 0 Å². The van der Waals surface area contributed by atoms with E-state index in [-0.39, 0.29) is 17.5 Å². The van der Waals surface area contributed by atoms with Crippen LogP contribution in [0.25, 0.3) is 11.4 Å². The molecule has 1 fully saturated rings. The highest BCUT2D eigenvalue weighted by Gasteiger charge is 2.34. The summed E-state index contributed by atoms with van der Waals surface area (Å²) in [5.74, 6) is -0.508. The number of anilines is 1. The van der Waals surface area contributed by atoms with Gasteiger partial charge in [0, 0.05) is 30.9 Å². The van der Waals surface area contributed by atoms with E-state index in [0.29, 0.717) is 35.1 Å². The molecule has 0 radical (unpaired) electrons. The van der Waals surface area contributed by atoms with Crippen molar-refractivity contribution in [2.75, 3.05) is 11.4 Å². The molecule has 1 N–H and O–H groups in total. The minimum atomic E-state index is -1.01. The lowest BCUT2D eigenvalue weighted by Crippen LogP contribution is -2.25. The summed E-state index contributed by atoms with van der Waals surface area (Å²) in [4.78, 5) is 30.2. The molecule has 0 spiro atoms. The van der Waals surface area contributed by atoms with E-state index in [0.717, 1.165) is 0 Å². The smallest absolute Gasteiger partial charge is 0.336 e. The molecule has 1 aliphatic heterocycles. The van der Waals surface area contributed by atoms with E-state index in [2.05, 4.69) is 4.98 Å². The van der Waals surface area contributed by atoms with Gasteiger partial charge in [0.05, 0.1) is 22.3 Å². The van der Waals surface area contributed by atoms with Crippen molar-refractivity contribution in [3.05, 3.63) is 71.5 Å². The molecule has 4 rings (SSSR count). The Bertz CT molecular complexity index is 1030. The van der Waals surface area contributed by atoms with Gasteiger partial charge in [-0.2, -0.15) is 0 Å². The second kappa shape index (κ2) is 6.89. The predicted molar refractivity (Wildman–Crippen MR) is 102 cm³/mol. The second-order valence-corrected chi connectivity index (χ2v) is 6.73. The van der Waals surface area contributed by atoms with Gasteiger partial charge in [-0.1, -0.05) is 41.9 Å². The molecule has 1 saturated heterocycles. The molecule has 2 aromatic carbocycles. The highest BCUT2D eigenvalue weighted by molar-refractivity contribution is 6.33. The van der Waals surface area contributed by atoms with Crippen LogP contribution in [-0.4, -0.2) is 33.1 Å². The Morgan fingerprint density at radius 2 is 1.89 bits per heavy atom. The molecule has 7 heteroatoms. The van der Waals surface area contributed by atoms with E-state index >= 15 is 0 Å². The monoisotopic (exact) mass is 381 g/mol. The summed E-state index contributed by atoms with van der Waals surface area (Å²) in [6.07, 6.45) is 3.70. The van der Waals surface area contributed by atoms with Crippen molar-refractivity contribution in [2.24, 2.45) is 0 Å². The summed E-state index contributed by atoms with van der Waals surface area (Å²) in [6.45, 7) is 0.446. The van der Waals surface area contributed by atoms with Gasteiger partial charge >= 0.3 is 5.97 Å². The maximum absolute atomic E-state index is 12.6. The third kappa shape index (κ3) is 3.08. The van der Waals surface area contributed by atoms with Crippen molar-refractivity contribution in [1.82, 2.24) is 9.55 Å². The number of imidazole rings is 1. The molecule has 1 aromatic heterocycles. The van der Waals surface area contributed by atoms with Gasteiger partial charge in [0.25, 0.3) is 0 Å². The fraction of sp³-hybridized carbons (Fsp3) is 0.150. The average molecular weight is 382 g/mol. The number of benzene rings is 2. The maximum Gasteiger partial charge on any atom is 0.336 e. The van der Waals surface area contributed by atoms with Crippen LogP contribution in [-0.2, 0) is 4.79 Å². The van der Waals surface area contributed by atoms with Gasteiger partial charge in [0.1, 0.15) is 5.82 Å². The maximum atomic E-state index is 12.6. The Kier molecular flexibility index (Phi) is 4.41. The Balaban J connectivity index is 1.70. The van der Waals surface area contributed by atoms with Crippen LogP contribution < -0.4 is 4.90 Å². The SMILES string of the molecule is O=C(O)c1ccccc1-c1nccn1C1CC(=O)N(c2ccccc2Cl)C1. The molecule has 136 valence electrons. The van der Waals surface area contributed by atoms with Gasteiger partial charge in [-0.3, -0.25) is 4.79 Å². The van der Waals surface area contributed by atoms with Gasteiger partial charge in [0.15, 0.2) is 0 Å². The molecule has 1 atom stereocenters. The number of amides is 1. The number of rotatable bonds is 4. The van der Waals surface area contributed by atoms with Crippen LogP contribution >= 0.6 is 11.6 Å². The lowest BCUT2D eigenvalue weighted by Gasteiger charge is -2.19. The number of carbonyl (C=O) groups excluding carboxylic acids is 1. The number of carbonyl (C=O) groups is 2. The summed E-state index contributed by atoms with van der Waals surface area (Å²) in [5, 5.41) is 9.99. The highest BCUT2D eigenvalue weighted by Crippen LogP contribution is 2.35. The van der Waals surface area contributed by atoms with E-state index < -0.39 is 5.97 Å². The lowest BCUT2D eigenvalue weighted by atomic mass is 10.1. The molecule has 1 amide bonds. The first-order valence-electron chi connectivity index (χ1n) is 8.46.